The predicted molar refractivity (Wildman–Crippen MR) is 165 cm³/mol. The molecule has 38 heavy (non-hydrogen) atoms. The molecule has 2 heterocycles. The summed E-state index contributed by atoms with van der Waals surface area (Å²) in [7, 11) is -16.0. The Balaban J connectivity index is 1.48. The van der Waals surface area contributed by atoms with Crippen molar-refractivity contribution in [3.05, 3.63) is 36.4 Å². The Morgan fingerprint density at radius 1 is 0.526 bits per heavy atom. The first-order valence-corrected chi connectivity index (χ1v) is 30.7. The van der Waals surface area contributed by atoms with Crippen molar-refractivity contribution in [2.45, 2.75) is 52.4 Å². The molecular formula is C20H40O10Si8. The van der Waals surface area contributed by atoms with Crippen LogP contribution >= 0.6 is 0 Å². The van der Waals surface area contributed by atoms with E-state index in [4.69, 9.17) is 42.4 Å². The highest BCUT2D eigenvalue weighted by atomic mass is 28.5. The van der Waals surface area contributed by atoms with Crippen molar-refractivity contribution in [1.82, 2.24) is 0 Å². The van der Waals surface area contributed by atoms with E-state index in [1.54, 1.807) is 0 Å². The molecule has 10 nitrogen and oxygen atoms in total. The Bertz CT molecular complexity index is 975. The average molecular weight is 665 g/mol. The highest BCUT2D eigenvalue weighted by Gasteiger charge is 2.42. The highest BCUT2D eigenvalue weighted by molar-refractivity contribution is 6.82. The summed E-state index contributed by atoms with van der Waals surface area (Å²) < 4.78 is 62.4. The van der Waals surface area contributed by atoms with Crippen LogP contribution in [0.25, 0.3) is 10.8 Å². The molecule has 0 saturated carbocycles. The summed E-state index contributed by atoms with van der Waals surface area (Å²) in [5, 5.41) is 1.92. The summed E-state index contributed by atoms with van der Waals surface area (Å²) in [5.41, 5.74) is 0. The van der Waals surface area contributed by atoms with Crippen molar-refractivity contribution >= 4 is 83.6 Å². The molecule has 2 saturated heterocycles. The average Bonchev–Trinajstić information content (AvgIpc) is 2.79. The molecule has 0 aliphatic carbocycles. The molecule has 18 heteroatoms. The fourth-order valence-electron chi connectivity index (χ4n) is 4.76. The number of fused-ring (bicyclic) bond motifs is 1. The molecule has 2 aromatic carbocycles. The van der Waals surface area contributed by atoms with Gasteiger partial charge in [-0.1, -0.05) is 24.3 Å². The van der Waals surface area contributed by atoms with E-state index in [0.717, 1.165) is 22.3 Å². The molecule has 0 aromatic heterocycles. The van der Waals surface area contributed by atoms with Crippen molar-refractivity contribution < 1.29 is 42.4 Å². The molecule has 2 fully saturated rings. The van der Waals surface area contributed by atoms with Crippen molar-refractivity contribution in [2.75, 3.05) is 12.5 Å². The highest BCUT2D eigenvalue weighted by Crippen LogP contribution is 2.34. The van der Waals surface area contributed by atoms with Crippen LogP contribution in [-0.2, 0) is 32.9 Å². The van der Waals surface area contributed by atoms with Crippen molar-refractivity contribution in [3.63, 3.8) is 0 Å². The minimum Gasteiger partial charge on any atom is -0.491 e. The first-order valence-electron chi connectivity index (χ1n) is 13.0. The Hall–Kier alpha value is -0.285. The zero-order valence-electron chi connectivity index (χ0n) is 23.4. The molecule has 212 valence electrons. The van der Waals surface area contributed by atoms with Crippen LogP contribution in [0.1, 0.15) is 0 Å². The maximum absolute atomic E-state index is 6.38. The van der Waals surface area contributed by atoms with E-state index in [1.165, 1.54) is 0 Å². The Morgan fingerprint density at radius 2 is 0.842 bits per heavy atom. The number of benzene rings is 2. The minimum absolute atomic E-state index is 0.355. The lowest BCUT2D eigenvalue weighted by Crippen LogP contribution is -2.56. The van der Waals surface area contributed by atoms with Crippen LogP contribution in [0, 0.1) is 0 Å². The molecule has 0 bridgehead atoms. The fraction of sp³-hybridized carbons (Fsp3) is 0.500. The zero-order valence-corrected chi connectivity index (χ0v) is 32.4. The van der Waals surface area contributed by atoms with E-state index in [9.17, 15) is 0 Å². The van der Waals surface area contributed by atoms with Crippen molar-refractivity contribution in [3.8, 4) is 11.5 Å². The summed E-state index contributed by atoms with van der Waals surface area (Å²) in [6.45, 7) is 16.3. The topological polar surface area (TPSA) is 92.3 Å². The van der Waals surface area contributed by atoms with Gasteiger partial charge >= 0.3 is 17.1 Å². The molecule has 2 aliphatic rings. The smallest absolute Gasteiger partial charge is 0.355 e. The van der Waals surface area contributed by atoms with E-state index in [-0.39, 0.29) is 0 Å². The number of rotatable bonds is 6. The maximum Gasteiger partial charge on any atom is 0.355 e. The number of ether oxygens (including phenoxy) is 2. The summed E-state index contributed by atoms with van der Waals surface area (Å²) in [6, 6.07) is 12.0. The third-order valence-electron chi connectivity index (χ3n) is 6.02. The van der Waals surface area contributed by atoms with E-state index < -0.39 is 72.8 Å². The second-order valence-electron chi connectivity index (χ2n) is 9.87. The molecule has 0 radical (unpaired) electrons. The molecule has 4 rings (SSSR count). The quantitative estimate of drug-likeness (QED) is 0.428. The minimum atomic E-state index is -2.63. The molecule has 4 unspecified atom stereocenters. The molecule has 4 atom stereocenters. The van der Waals surface area contributed by atoms with E-state index in [2.05, 4.69) is 0 Å². The third-order valence-corrected chi connectivity index (χ3v) is 32.9. The summed E-state index contributed by atoms with van der Waals surface area (Å²) in [4.78, 5) is 0. The van der Waals surface area contributed by atoms with Gasteiger partial charge in [0.05, 0.1) is 0 Å². The Kier molecular flexibility index (Phi) is 10.6. The largest absolute Gasteiger partial charge is 0.491 e. The van der Waals surface area contributed by atoms with E-state index >= 15 is 0 Å². The van der Waals surface area contributed by atoms with E-state index in [0.29, 0.717) is 12.5 Å². The summed E-state index contributed by atoms with van der Waals surface area (Å²) in [5.74, 6) is 1.52. The van der Waals surface area contributed by atoms with Gasteiger partial charge in [-0.15, -0.1) is 0 Å². The molecule has 0 N–H and O–H groups in total. The van der Waals surface area contributed by atoms with Gasteiger partial charge in [0.2, 0.25) is 0 Å². The van der Waals surface area contributed by atoms with Gasteiger partial charge in [0.1, 0.15) is 24.0 Å². The van der Waals surface area contributed by atoms with Crippen molar-refractivity contribution in [2.24, 2.45) is 0 Å². The molecule has 0 amide bonds. The monoisotopic (exact) mass is 664 g/mol. The maximum atomic E-state index is 6.38. The number of hydrogen-bond donors (Lipinski definition) is 0. The van der Waals surface area contributed by atoms with Gasteiger partial charge in [0.15, 0.2) is 0 Å². The standard InChI is InChI=1S/C20H40O10Si8/c1-31-23-33(3)27-37(7,28-34(4)24-31)15-21-19-13-14-20(18-12-10-9-11-17(18)19)22-16-38(8)29-35(5)25-32(2)26-36(6)30-38/h9-14,31-36H,15-16H2,1-8H3. The van der Waals surface area contributed by atoms with Gasteiger partial charge in [-0.05, 0) is 64.5 Å². The van der Waals surface area contributed by atoms with Gasteiger partial charge in [-0.3, -0.25) is 0 Å². The van der Waals surface area contributed by atoms with Crippen LogP contribution in [0.2, 0.25) is 52.4 Å². The predicted octanol–water partition coefficient (Wildman–Crippen LogP) is 2.08. The second-order valence-corrected chi connectivity index (χ2v) is 29.9. The van der Waals surface area contributed by atoms with Gasteiger partial charge in [0.25, 0.3) is 55.7 Å². The van der Waals surface area contributed by atoms with Crippen LogP contribution in [0.15, 0.2) is 36.4 Å². The first-order chi connectivity index (χ1) is 17.9. The van der Waals surface area contributed by atoms with Gasteiger partial charge in [-0.2, -0.15) is 0 Å². The van der Waals surface area contributed by atoms with Gasteiger partial charge < -0.3 is 42.4 Å². The van der Waals surface area contributed by atoms with Crippen LogP contribution in [0.4, 0.5) is 0 Å². The van der Waals surface area contributed by atoms with Crippen LogP contribution in [0.5, 0.6) is 11.5 Å². The molecular weight excluding hydrogens is 625 g/mol. The second kappa shape index (κ2) is 13.1. The third kappa shape index (κ3) is 8.37. The van der Waals surface area contributed by atoms with Crippen LogP contribution < -0.4 is 9.47 Å². The lowest BCUT2D eigenvalue weighted by atomic mass is 10.1. The van der Waals surface area contributed by atoms with Crippen molar-refractivity contribution in [1.29, 1.82) is 0 Å². The summed E-state index contributed by atoms with van der Waals surface area (Å²) in [6.07, 6.45) is 0.710. The molecule has 2 aliphatic heterocycles. The lowest BCUT2D eigenvalue weighted by molar-refractivity contribution is 0.240. The van der Waals surface area contributed by atoms with Crippen LogP contribution in [-0.4, -0.2) is 85.3 Å². The fourth-order valence-corrected chi connectivity index (χ4v) is 32.6. The van der Waals surface area contributed by atoms with Gasteiger partial charge in [0, 0.05) is 10.8 Å². The lowest BCUT2D eigenvalue weighted by Gasteiger charge is -2.37. The van der Waals surface area contributed by atoms with E-state index in [1.807, 2.05) is 88.8 Å². The summed E-state index contributed by atoms with van der Waals surface area (Å²) >= 11 is 0. The molecule has 0 spiro atoms. The Labute approximate surface area is 237 Å². The SMILES string of the molecule is C[SiH]1O[SiH](C)O[Si](C)(COc2ccc(OC[Si]3(C)O[SiH](C)O[SiH](C)O[SiH](C)O3)c3ccccc23)O[SiH](C)O1. The van der Waals surface area contributed by atoms with Crippen LogP contribution in [0.3, 0.4) is 0 Å². The first kappa shape index (κ1) is 30.7. The zero-order chi connectivity index (χ0) is 27.5. The normalized spacial score (nSPS) is 37.1. The molecule has 2 aromatic rings. The number of hydrogen-bond acceptors (Lipinski definition) is 10. The Morgan fingerprint density at radius 3 is 1.16 bits per heavy atom. The van der Waals surface area contributed by atoms with Gasteiger partial charge in [-0.25, -0.2) is 0 Å².